The minimum atomic E-state index is 0.0168. The Kier molecular flexibility index (Phi) is 3.27. The Morgan fingerprint density at radius 3 is 2.65 bits per heavy atom. The average molecular weight is 255 g/mol. The summed E-state index contributed by atoms with van der Waals surface area (Å²) in [5.74, 6) is 0.944. The molecule has 94 valence electrons. The molecule has 1 aromatic heterocycles. The lowest BCUT2D eigenvalue weighted by Gasteiger charge is -2.35. The van der Waals surface area contributed by atoms with Crippen LogP contribution in [0.1, 0.15) is 32.0 Å². The summed E-state index contributed by atoms with van der Waals surface area (Å²) in [6.07, 6.45) is 0.919. The Hall–Kier alpha value is -0.870. The number of aromatic nitrogens is 2. The van der Waals surface area contributed by atoms with Gasteiger partial charge in [0.2, 0.25) is 5.28 Å². The van der Waals surface area contributed by atoms with Crippen molar-refractivity contribution in [2.45, 2.75) is 39.3 Å². The number of anilines is 1. The van der Waals surface area contributed by atoms with Gasteiger partial charge in [-0.1, -0.05) is 0 Å². The lowest BCUT2D eigenvalue weighted by atomic mass is 10.0. The van der Waals surface area contributed by atoms with Crippen molar-refractivity contribution in [2.75, 3.05) is 18.5 Å². The molecule has 0 spiro atoms. The van der Waals surface area contributed by atoms with E-state index < -0.39 is 0 Å². The Balaban J connectivity index is 2.49. The fourth-order valence-electron chi connectivity index (χ4n) is 1.89. The molecule has 4 nitrogen and oxygen atoms in total. The Bertz CT molecular complexity index is 425. The van der Waals surface area contributed by atoms with Gasteiger partial charge in [-0.25, -0.2) is 9.97 Å². The molecule has 2 heterocycles. The fraction of sp³-hybridized carbons (Fsp3) is 0.667. The van der Waals surface area contributed by atoms with Gasteiger partial charge < -0.3 is 10.2 Å². The molecule has 5 heteroatoms. The van der Waals surface area contributed by atoms with E-state index in [1.165, 1.54) is 5.56 Å². The Labute approximate surface area is 107 Å². The summed E-state index contributed by atoms with van der Waals surface area (Å²) < 4.78 is 0. The molecule has 0 saturated heterocycles. The van der Waals surface area contributed by atoms with E-state index in [0.29, 0.717) is 5.28 Å². The van der Waals surface area contributed by atoms with E-state index in [2.05, 4.69) is 41.0 Å². The van der Waals surface area contributed by atoms with Gasteiger partial charge in [0.15, 0.2) is 0 Å². The van der Waals surface area contributed by atoms with E-state index in [0.717, 1.165) is 31.0 Å². The second-order valence-corrected chi connectivity index (χ2v) is 5.74. The molecule has 0 radical (unpaired) electrons. The third kappa shape index (κ3) is 2.53. The van der Waals surface area contributed by atoms with Crippen LogP contribution in [0.2, 0.25) is 5.28 Å². The molecule has 0 atom stereocenters. The number of nitrogens with zero attached hydrogens (tertiary/aromatic N) is 3. The number of halogens is 1. The first-order valence-corrected chi connectivity index (χ1v) is 6.27. The summed E-state index contributed by atoms with van der Waals surface area (Å²) in [5, 5.41) is 3.70. The predicted molar refractivity (Wildman–Crippen MR) is 70.6 cm³/mol. The zero-order chi connectivity index (χ0) is 12.6. The highest BCUT2D eigenvalue weighted by molar-refractivity contribution is 6.28. The van der Waals surface area contributed by atoms with Crippen LogP contribution in [0.25, 0.3) is 0 Å². The summed E-state index contributed by atoms with van der Waals surface area (Å²) >= 11 is 6.01. The summed E-state index contributed by atoms with van der Waals surface area (Å²) in [6, 6.07) is 0. The van der Waals surface area contributed by atoms with Gasteiger partial charge in [-0.15, -0.1) is 0 Å². The molecule has 0 aliphatic carbocycles. The highest BCUT2D eigenvalue weighted by atomic mass is 35.5. The van der Waals surface area contributed by atoms with Crippen LogP contribution < -0.4 is 10.2 Å². The molecule has 1 N–H and O–H groups in total. The molecule has 0 amide bonds. The first kappa shape index (κ1) is 12.6. The zero-order valence-corrected chi connectivity index (χ0v) is 11.6. The quantitative estimate of drug-likeness (QED) is 0.779. The van der Waals surface area contributed by atoms with E-state index in [1.54, 1.807) is 0 Å². The first-order chi connectivity index (χ1) is 7.89. The number of hydrogen-bond donors (Lipinski definition) is 1. The second kappa shape index (κ2) is 4.42. The minimum Gasteiger partial charge on any atom is -0.354 e. The number of hydrogen-bond acceptors (Lipinski definition) is 4. The number of fused-ring (bicyclic) bond motifs is 1. The largest absolute Gasteiger partial charge is 0.354 e. The normalized spacial score (nSPS) is 15.6. The van der Waals surface area contributed by atoms with Crippen LogP contribution in [-0.4, -0.2) is 29.1 Å². The van der Waals surface area contributed by atoms with Crippen LogP contribution in [0, 0.1) is 0 Å². The van der Waals surface area contributed by atoms with Crippen molar-refractivity contribution < 1.29 is 0 Å². The summed E-state index contributed by atoms with van der Waals surface area (Å²) in [5.41, 5.74) is 2.27. The van der Waals surface area contributed by atoms with E-state index in [-0.39, 0.29) is 5.54 Å². The topological polar surface area (TPSA) is 41.1 Å². The Morgan fingerprint density at radius 1 is 1.29 bits per heavy atom. The molecule has 0 bridgehead atoms. The first-order valence-electron chi connectivity index (χ1n) is 5.89. The highest BCUT2D eigenvalue weighted by Crippen LogP contribution is 2.28. The standard InChI is InChI=1S/C12H19ClN4/c1-12(2,3)17(4)10-8-7-14-6-5-9(8)15-11(13)16-10/h14H,5-7H2,1-4H3. The van der Waals surface area contributed by atoms with E-state index in [4.69, 9.17) is 11.6 Å². The summed E-state index contributed by atoms with van der Waals surface area (Å²) in [6.45, 7) is 8.25. The molecular formula is C12H19ClN4. The van der Waals surface area contributed by atoms with Crippen molar-refractivity contribution in [1.82, 2.24) is 15.3 Å². The maximum atomic E-state index is 6.01. The van der Waals surface area contributed by atoms with Gasteiger partial charge in [0, 0.05) is 37.7 Å². The maximum absolute atomic E-state index is 6.01. The molecule has 0 saturated carbocycles. The molecule has 0 fully saturated rings. The van der Waals surface area contributed by atoms with Crippen molar-refractivity contribution in [3.05, 3.63) is 16.5 Å². The van der Waals surface area contributed by atoms with Gasteiger partial charge in [0.25, 0.3) is 0 Å². The molecule has 1 aliphatic rings. The molecule has 0 aromatic carbocycles. The van der Waals surface area contributed by atoms with Crippen LogP contribution in [0.5, 0.6) is 0 Å². The third-order valence-electron chi connectivity index (χ3n) is 3.21. The molecule has 2 rings (SSSR count). The van der Waals surface area contributed by atoms with Crippen molar-refractivity contribution in [2.24, 2.45) is 0 Å². The number of nitrogens with one attached hydrogen (secondary N) is 1. The monoisotopic (exact) mass is 254 g/mol. The van der Waals surface area contributed by atoms with Gasteiger partial charge in [-0.3, -0.25) is 0 Å². The molecule has 17 heavy (non-hydrogen) atoms. The predicted octanol–water partition coefficient (Wildman–Crippen LogP) is 2.01. The van der Waals surface area contributed by atoms with Gasteiger partial charge in [0.1, 0.15) is 5.82 Å². The van der Waals surface area contributed by atoms with Crippen molar-refractivity contribution >= 4 is 17.4 Å². The SMILES string of the molecule is CN(c1nc(Cl)nc2c1CNCC2)C(C)(C)C. The second-order valence-electron chi connectivity index (χ2n) is 5.40. The van der Waals surface area contributed by atoms with Crippen molar-refractivity contribution in [3.8, 4) is 0 Å². The fourth-order valence-corrected chi connectivity index (χ4v) is 2.07. The lowest BCUT2D eigenvalue weighted by Crippen LogP contribution is -2.40. The van der Waals surface area contributed by atoms with Gasteiger partial charge in [0.05, 0.1) is 5.69 Å². The van der Waals surface area contributed by atoms with Crippen LogP contribution >= 0.6 is 11.6 Å². The van der Waals surface area contributed by atoms with Crippen LogP contribution in [0.3, 0.4) is 0 Å². The molecule has 0 unspecified atom stereocenters. The van der Waals surface area contributed by atoms with Gasteiger partial charge in [-0.05, 0) is 32.4 Å². The summed E-state index contributed by atoms with van der Waals surface area (Å²) in [4.78, 5) is 10.9. The maximum Gasteiger partial charge on any atom is 0.224 e. The van der Waals surface area contributed by atoms with Crippen LogP contribution in [0.15, 0.2) is 0 Å². The highest BCUT2D eigenvalue weighted by Gasteiger charge is 2.25. The van der Waals surface area contributed by atoms with Gasteiger partial charge >= 0.3 is 0 Å². The van der Waals surface area contributed by atoms with Crippen LogP contribution in [-0.2, 0) is 13.0 Å². The molecular weight excluding hydrogens is 236 g/mol. The molecule has 1 aromatic rings. The third-order valence-corrected chi connectivity index (χ3v) is 3.38. The minimum absolute atomic E-state index is 0.0168. The zero-order valence-electron chi connectivity index (χ0n) is 10.8. The smallest absolute Gasteiger partial charge is 0.224 e. The molecule has 1 aliphatic heterocycles. The number of rotatable bonds is 1. The van der Waals surface area contributed by atoms with Crippen molar-refractivity contribution in [1.29, 1.82) is 0 Å². The lowest BCUT2D eigenvalue weighted by molar-refractivity contribution is 0.525. The van der Waals surface area contributed by atoms with E-state index in [9.17, 15) is 0 Å². The van der Waals surface area contributed by atoms with Crippen molar-refractivity contribution in [3.63, 3.8) is 0 Å². The summed E-state index contributed by atoms with van der Waals surface area (Å²) in [7, 11) is 2.05. The van der Waals surface area contributed by atoms with E-state index in [1.807, 2.05) is 7.05 Å². The van der Waals surface area contributed by atoms with Gasteiger partial charge in [-0.2, -0.15) is 0 Å². The Morgan fingerprint density at radius 2 is 2.00 bits per heavy atom. The average Bonchev–Trinajstić information content (AvgIpc) is 2.25. The van der Waals surface area contributed by atoms with E-state index >= 15 is 0 Å². The van der Waals surface area contributed by atoms with Crippen LogP contribution in [0.4, 0.5) is 5.82 Å².